The Morgan fingerprint density at radius 3 is 2.42 bits per heavy atom. The van der Waals surface area contributed by atoms with Crippen LogP contribution in [0.25, 0.3) is 22.3 Å². The molecule has 6 nitrogen and oxygen atoms in total. The second-order valence-corrected chi connectivity index (χ2v) is 8.33. The highest BCUT2D eigenvalue weighted by Crippen LogP contribution is 2.31. The number of para-hydroxylation sites is 2. The van der Waals surface area contributed by atoms with Gasteiger partial charge in [0.15, 0.2) is 17.3 Å². The normalized spacial score (nSPS) is 11.2. The summed E-state index contributed by atoms with van der Waals surface area (Å²) in [7, 11) is 1.60. The minimum absolute atomic E-state index is 0.249. The SMILES string of the molecule is COc1cccc(C=Nn2c(-c3ccccc3)nc3ccccc3c2=O)c1OCc1ccc(C)cc1. The van der Waals surface area contributed by atoms with E-state index < -0.39 is 0 Å². The Bertz CT molecular complexity index is 1590. The molecule has 1 heterocycles. The fourth-order valence-corrected chi connectivity index (χ4v) is 3.91. The lowest BCUT2D eigenvalue weighted by Gasteiger charge is -2.14. The number of benzene rings is 4. The molecule has 5 rings (SSSR count). The zero-order chi connectivity index (χ0) is 24.9. The van der Waals surface area contributed by atoms with E-state index in [9.17, 15) is 4.79 Å². The van der Waals surface area contributed by atoms with Crippen molar-refractivity contribution in [2.45, 2.75) is 13.5 Å². The molecular formula is C30H25N3O3. The van der Waals surface area contributed by atoms with Gasteiger partial charge in [0.2, 0.25) is 0 Å². The number of nitrogens with zero attached hydrogens (tertiary/aromatic N) is 3. The van der Waals surface area contributed by atoms with Gasteiger partial charge in [-0.25, -0.2) is 4.98 Å². The standard InChI is InChI=1S/C30H25N3O3/c1-21-15-17-22(18-16-21)20-36-28-24(11-8-14-27(28)35-2)19-31-33-29(23-9-4-3-5-10-23)32-26-13-7-6-12-25(26)30(33)34/h3-19H,20H2,1-2H3. The number of fused-ring (bicyclic) bond motifs is 1. The molecule has 1 aromatic heterocycles. The van der Waals surface area contributed by atoms with Crippen LogP contribution in [-0.4, -0.2) is 23.0 Å². The smallest absolute Gasteiger partial charge is 0.282 e. The Labute approximate surface area is 209 Å². The molecule has 0 fully saturated rings. The second-order valence-electron chi connectivity index (χ2n) is 8.33. The maximum absolute atomic E-state index is 13.4. The Hall–Kier alpha value is -4.71. The van der Waals surface area contributed by atoms with Crippen molar-refractivity contribution < 1.29 is 9.47 Å². The van der Waals surface area contributed by atoms with Crippen molar-refractivity contribution in [3.8, 4) is 22.9 Å². The quantitative estimate of drug-likeness (QED) is 0.277. The third-order valence-electron chi connectivity index (χ3n) is 5.83. The maximum Gasteiger partial charge on any atom is 0.282 e. The van der Waals surface area contributed by atoms with Crippen LogP contribution in [0.15, 0.2) is 107 Å². The van der Waals surface area contributed by atoms with Crippen LogP contribution in [0.2, 0.25) is 0 Å². The van der Waals surface area contributed by atoms with Gasteiger partial charge in [0.05, 0.1) is 24.2 Å². The first-order chi connectivity index (χ1) is 17.6. The molecule has 0 saturated carbocycles. The molecule has 0 spiro atoms. The molecule has 0 atom stereocenters. The minimum atomic E-state index is -0.249. The van der Waals surface area contributed by atoms with Crippen LogP contribution in [0.3, 0.4) is 0 Å². The van der Waals surface area contributed by atoms with Gasteiger partial charge >= 0.3 is 0 Å². The molecule has 0 saturated heterocycles. The summed E-state index contributed by atoms with van der Waals surface area (Å²) in [5, 5.41) is 5.08. The highest BCUT2D eigenvalue weighted by atomic mass is 16.5. The number of hydrogen-bond acceptors (Lipinski definition) is 5. The highest BCUT2D eigenvalue weighted by Gasteiger charge is 2.14. The van der Waals surface area contributed by atoms with E-state index in [1.807, 2.05) is 97.9 Å². The van der Waals surface area contributed by atoms with Gasteiger partial charge in [0.1, 0.15) is 6.61 Å². The Morgan fingerprint density at radius 2 is 1.64 bits per heavy atom. The van der Waals surface area contributed by atoms with Crippen LogP contribution < -0.4 is 15.0 Å². The number of aryl methyl sites for hydroxylation is 1. The lowest BCUT2D eigenvalue weighted by molar-refractivity contribution is 0.284. The van der Waals surface area contributed by atoms with Gasteiger partial charge < -0.3 is 9.47 Å². The summed E-state index contributed by atoms with van der Waals surface area (Å²) < 4.78 is 13.1. The summed E-state index contributed by atoms with van der Waals surface area (Å²) >= 11 is 0. The van der Waals surface area contributed by atoms with Crippen LogP contribution in [0.5, 0.6) is 11.5 Å². The van der Waals surface area contributed by atoms with Crippen molar-refractivity contribution in [2.24, 2.45) is 5.10 Å². The first-order valence-corrected chi connectivity index (χ1v) is 11.6. The summed E-state index contributed by atoms with van der Waals surface area (Å²) in [6, 6.07) is 30.6. The molecule has 36 heavy (non-hydrogen) atoms. The van der Waals surface area contributed by atoms with E-state index >= 15 is 0 Å². The zero-order valence-corrected chi connectivity index (χ0v) is 20.1. The molecule has 0 aliphatic heterocycles. The van der Waals surface area contributed by atoms with Crippen molar-refractivity contribution in [3.63, 3.8) is 0 Å². The predicted molar refractivity (Wildman–Crippen MR) is 143 cm³/mol. The van der Waals surface area contributed by atoms with E-state index in [4.69, 9.17) is 14.5 Å². The van der Waals surface area contributed by atoms with Gasteiger partial charge in [0, 0.05) is 11.1 Å². The largest absolute Gasteiger partial charge is 0.493 e. The molecular weight excluding hydrogens is 450 g/mol. The predicted octanol–water partition coefficient (Wildman–Crippen LogP) is 5.84. The van der Waals surface area contributed by atoms with Crippen LogP contribution >= 0.6 is 0 Å². The van der Waals surface area contributed by atoms with Crippen molar-refractivity contribution in [1.82, 2.24) is 9.66 Å². The van der Waals surface area contributed by atoms with E-state index in [0.717, 1.165) is 11.1 Å². The van der Waals surface area contributed by atoms with Crippen molar-refractivity contribution in [2.75, 3.05) is 7.11 Å². The average Bonchev–Trinajstić information content (AvgIpc) is 2.92. The molecule has 0 amide bonds. The van der Waals surface area contributed by atoms with Crippen LogP contribution in [0.1, 0.15) is 16.7 Å². The van der Waals surface area contributed by atoms with Gasteiger partial charge in [-0.1, -0.05) is 78.4 Å². The third-order valence-corrected chi connectivity index (χ3v) is 5.83. The fraction of sp³-hybridized carbons (Fsp3) is 0.100. The molecule has 178 valence electrons. The maximum atomic E-state index is 13.4. The first-order valence-electron chi connectivity index (χ1n) is 11.6. The van der Waals surface area contributed by atoms with Crippen LogP contribution in [-0.2, 0) is 6.61 Å². The van der Waals surface area contributed by atoms with Crippen molar-refractivity contribution >= 4 is 17.1 Å². The lowest BCUT2D eigenvalue weighted by Crippen LogP contribution is -2.20. The van der Waals surface area contributed by atoms with Crippen molar-refractivity contribution in [1.29, 1.82) is 0 Å². The van der Waals surface area contributed by atoms with E-state index in [2.05, 4.69) is 5.10 Å². The van der Waals surface area contributed by atoms with Gasteiger partial charge in [0.25, 0.3) is 5.56 Å². The van der Waals surface area contributed by atoms with E-state index in [1.165, 1.54) is 10.2 Å². The molecule has 0 N–H and O–H groups in total. The molecule has 0 unspecified atom stereocenters. The third kappa shape index (κ3) is 4.74. The number of aromatic nitrogens is 2. The first kappa shape index (κ1) is 23.1. The lowest BCUT2D eigenvalue weighted by atomic mass is 10.1. The highest BCUT2D eigenvalue weighted by molar-refractivity contribution is 5.86. The monoisotopic (exact) mass is 475 g/mol. The Morgan fingerprint density at radius 1 is 0.889 bits per heavy atom. The van der Waals surface area contributed by atoms with Crippen molar-refractivity contribution in [3.05, 3.63) is 124 Å². The Kier molecular flexibility index (Phi) is 6.58. The minimum Gasteiger partial charge on any atom is -0.493 e. The molecule has 0 bridgehead atoms. The molecule has 0 radical (unpaired) electrons. The van der Waals surface area contributed by atoms with Crippen LogP contribution in [0, 0.1) is 6.92 Å². The van der Waals surface area contributed by atoms with Gasteiger partial charge in [-0.05, 0) is 36.8 Å². The molecule has 0 aliphatic carbocycles. The number of hydrogen-bond donors (Lipinski definition) is 0. The fourth-order valence-electron chi connectivity index (χ4n) is 3.91. The summed E-state index contributed by atoms with van der Waals surface area (Å²) in [5.74, 6) is 1.59. The average molecular weight is 476 g/mol. The summed E-state index contributed by atoms with van der Waals surface area (Å²) in [5.41, 5.74) is 4.07. The molecule has 5 aromatic rings. The van der Waals surface area contributed by atoms with Gasteiger partial charge in [-0.3, -0.25) is 4.79 Å². The van der Waals surface area contributed by atoms with E-state index in [0.29, 0.717) is 40.4 Å². The number of rotatable bonds is 7. The molecule has 0 aliphatic rings. The molecule has 6 heteroatoms. The van der Waals surface area contributed by atoms with Crippen LogP contribution in [0.4, 0.5) is 0 Å². The zero-order valence-electron chi connectivity index (χ0n) is 20.1. The second kappa shape index (κ2) is 10.3. The summed E-state index contributed by atoms with van der Waals surface area (Å²) in [4.78, 5) is 18.2. The number of methoxy groups -OCH3 is 1. The Balaban J connectivity index is 1.58. The topological polar surface area (TPSA) is 65.7 Å². The molecule has 4 aromatic carbocycles. The van der Waals surface area contributed by atoms with E-state index in [-0.39, 0.29) is 5.56 Å². The van der Waals surface area contributed by atoms with E-state index in [1.54, 1.807) is 19.4 Å². The van der Waals surface area contributed by atoms with Gasteiger partial charge in [-0.15, -0.1) is 0 Å². The number of ether oxygens (including phenoxy) is 2. The van der Waals surface area contributed by atoms with Gasteiger partial charge in [-0.2, -0.15) is 9.78 Å². The summed E-state index contributed by atoms with van der Waals surface area (Å²) in [6.07, 6.45) is 1.61. The summed E-state index contributed by atoms with van der Waals surface area (Å²) in [6.45, 7) is 2.42.